The minimum absolute atomic E-state index is 0.0433. The molecule has 1 saturated carbocycles. The zero-order valence-corrected chi connectivity index (χ0v) is 12.5. The third-order valence-electron chi connectivity index (χ3n) is 3.97. The fourth-order valence-corrected chi connectivity index (χ4v) is 4.14. The van der Waals surface area contributed by atoms with Crippen molar-refractivity contribution in [3.8, 4) is 0 Å². The van der Waals surface area contributed by atoms with Crippen LogP contribution in [-0.4, -0.2) is 42.3 Å². The Morgan fingerprint density at radius 1 is 1.48 bits per heavy atom. The zero-order chi connectivity index (χ0) is 15.6. The second kappa shape index (κ2) is 6.04. The number of aromatic nitrogens is 1. The first-order chi connectivity index (χ1) is 9.87. The molecule has 0 saturated heterocycles. The van der Waals surface area contributed by atoms with Gasteiger partial charge in [0.25, 0.3) is 0 Å². The summed E-state index contributed by atoms with van der Waals surface area (Å²) < 4.78 is 26.4. The summed E-state index contributed by atoms with van der Waals surface area (Å²) in [6, 6.07) is 2.18. The summed E-state index contributed by atoms with van der Waals surface area (Å²) in [6.45, 7) is 0.447. The number of sulfonamides is 1. The van der Waals surface area contributed by atoms with Gasteiger partial charge in [0.05, 0.1) is 0 Å². The lowest BCUT2D eigenvalue weighted by Gasteiger charge is -2.27. The minimum Gasteiger partial charge on any atom is -0.358 e. The minimum atomic E-state index is -3.72. The molecule has 2 atom stereocenters. The topological polar surface area (TPSA) is 119 Å². The number of nitrogens with zero attached hydrogens (tertiary/aromatic N) is 3. The molecule has 0 aromatic carbocycles. The number of pyridine rings is 1. The van der Waals surface area contributed by atoms with E-state index in [4.69, 9.17) is 5.73 Å². The maximum atomic E-state index is 12.5. The molecule has 1 aromatic heterocycles. The third kappa shape index (κ3) is 3.04. The van der Waals surface area contributed by atoms with Crippen molar-refractivity contribution in [2.45, 2.75) is 30.2 Å². The van der Waals surface area contributed by atoms with Gasteiger partial charge in [-0.2, -0.15) is 4.31 Å². The molecule has 1 aliphatic rings. The molecule has 2 rings (SSSR count). The molecule has 1 aliphatic carbocycles. The van der Waals surface area contributed by atoms with Crippen LogP contribution in [0.1, 0.15) is 19.3 Å². The number of rotatable bonds is 5. The Morgan fingerprint density at radius 2 is 2.19 bits per heavy atom. The van der Waals surface area contributed by atoms with Crippen LogP contribution in [0.2, 0.25) is 0 Å². The first-order valence-corrected chi connectivity index (χ1v) is 8.10. The van der Waals surface area contributed by atoms with E-state index in [2.05, 4.69) is 4.98 Å². The molecule has 0 bridgehead atoms. The van der Waals surface area contributed by atoms with Crippen molar-refractivity contribution in [2.75, 3.05) is 13.6 Å². The highest BCUT2D eigenvalue weighted by Crippen LogP contribution is 2.31. The van der Waals surface area contributed by atoms with E-state index in [1.807, 2.05) is 0 Å². The van der Waals surface area contributed by atoms with Gasteiger partial charge in [0.2, 0.25) is 10.0 Å². The van der Waals surface area contributed by atoms with Gasteiger partial charge in [-0.1, -0.05) is 6.42 Å². The summed E-state index contributed by atoms with van der Waals surface area (Å²) in [5.41, 5.74) is 5.69. The molecular formula is C12H18N4O4S. The molecule has 2 N–H and O–H groups in total. The molecule has 8 nitrogen and oxygen atoms in total. The van der Waals surface area contributed by atoms with Crippen LogP contribution in [0, 0.1) is 16.0 Å². The van der Waals surface area contributed by atoms with E-state index in [9.17, 15) is 18.5 Å². The van der Waals surface area contributed by atoms with Crippen LogP contribution in [-0.2, 0) is 10.0 Å². The maximum absolute atomic E-state index is 12.5. The fourth-order valence-electron chi connectivity index (χ4n) is 2.75. The van der Waals surface area contributed by atoms with Crippen molar-refractivity contribution >= 4 is 15.8 Å². The van der Waals surface area contributed by atoms with E-state index in [0.29, 0.717) is 6.54 Å². The van der Waals surface area contributed by atoms with E-state index < -0.39 is 14.9 Å². The van der Waals surface area contributed by atoms with Gasteiger partial charge < -0.3 is 15.8 Å². The average molecular weight is 314 g/mol. The quantitative estimate of drug-likeness (QED) is 0.632. The van der Waals surface area contributed by atoms with Crippen molar-refractivity contribution in [3.05, 3.63) is 28.4 Å². The molecule has 2 unspecified atom stereocenters. The molecule has 9 heteroatoms. The molecule has 0 aliphatic heterocycles. The highest BCUT2D eigenvalue weighted by molar-refractivity contribution is 7.89. The predicted octanol–water partition coefficient (Wildman–Crippen LogP) is 0.738. The van der Waals surface area contributed by atoms with E-state index in [1.54, 1.807) is 0 Å². The van der Waals surface area contributed by atoms with Crippen LogP contribution >= 0.6 is 0 Å². The summed E-state index contributed by atoms with van der Waals surface area (Å²) in [7, 11) is -2.19. The zero-order valence-electron chi connectivity index (χ0n) is 11.7. The second-order valence-electron chi connectivity index (χ2n) is 5.12. The Balaban J connectivity index is 2.26. The summed E-state index contributed by atoms with van der Waals surface area (Å²) in [4.78, 5) is 13.4. The molecule has 21 heavy (non-hydrogen) atoms. The molecule has 0 radical (unpaired) electrons. The highest BCUT2D eigenvalue weighted by atomic mass is 32.2. The molecule has 0 amide bonds. The Kier molecular flexibility index (Phi) is 4.55. The van der Waals surface area contributed by atoms with Crippen LogP contribution in [0.3, 0.4) is 0 Å². The van der Waals surface area contributed by atoms with Crippen LogP contribution in [0.25, 0.3) is 0 Å². The average Bonchev–Trinajstić information content (AvgIpc) is 2.94. The van der Waals surface area contributed by atoms with Crippen molar-refractivity contribution in [2.24, 2.45) is 11.7 Å². The standard InChI is InChI=1S/C12H18N4O4S/c1-15(11-4-2-3-9(11)7-13)21(19,20)10-5-6-12(14-8-10)16(17)18/h5-6,8-9,11H,2-4,7,13H2,1H3. The first-order valence-electron chi connectivity index (χ1n) is 6.66. The van der Waals surface area contributed by atoms with Crippen molar-refractivity contribution in [1.29, 1.82) is 0 Å². The van der Waals surface area contributed by atoms with E-state index in [0.717, 1.165) is 31.5 Å². The second-order valence-corrected chi connectivity index (χ2v) is 7.12. The van der Waals surface area contributed by atoms with E-state index >= 15 is 0 Å². The van der Waals surface area contributed by atoms with Gasteiger partial charge >= 0.3 is 5.82 Å². The van der Waals surface area contributed by atoms with Crippen LogP contribution in [0.5, 0.6) is 0 Å². The highest BCUT2D eigenvalue weighted by Gasteiger charge is 2.36. The van der Waals surface area contributed by atoms with Gasteiger partial charge in [-0.25, -0.2) is 8.42 Å². The van der Waals surface area contributed by atoms with Crippen LogP contribution in [0.4, 0.5) is 5.82 Å². The lowest BCUT2D eigenvalue weighted by molar-refractivity contribution is -0.389. The molecular weight excluding hydrogens is 296 g/mol. The van der Waals surface area contributed by atoms with Gasteiger partial charge in [0.1, 0.15) is 4.90 Å². The normalized spacial score (nSPS) is 22.6. The summed E-state index contributed by atoms with van der Waals surface area (Å²) >= 11 is 0. The van der Waals surface area contributed by atoms with Crippen LogP contribution in [0.15, 0.2) is 23.2 Å². The largest absolute Gasteiger partial charge is 0.363 e. The predicted molar refractivity (Wildman–Crippen MR) is 76.0 cm³/mol. The third-order valence-corrected chi connectivity index (χ3v) is 5.84. The molecule has 0 spiro atoms. The van der Waals surface area contributed by atoms with E-state index in [-0.39, 0.29) is 22.7 Å². The Labute approximate surface area is 123 Å². The summed E-state index contributed by atoms with van der Waals surface area (Å²) in [6.07, 6.45) is 3.67. The van der Waals surface area contributed by atoms with Gasteiger partial charge in [0, 0.05) is 19.2 Å². The monoisotopic (exact) mass is 314 g/mol. The Hall–Kier alpha value is -1.58. The number of hydrogen-bond donors (Lipinski definition) is 1. The van der Waals surface area contributed by atoms with Gasteiger partial charge in [-0.15, -0.1) is 0 Å². The molecule has 1 aromatic rings. The van der Waals surface area contributed by atoms with E-state index in [1.165, 1.54) is 17.4 Å². The Morgan fingerprint density at radius 3 is 2.71 bits per heavy atom. The smallest absolute Gasteiger partial charge is 0.358 e. The van der Waals surface area contributed by atoms with Crippen LogP contribution < -0.4 is 5.73 Å². The first kappa shape index (κ1) is 15.8. The molecule has 116 valence electrons. The van der Waals surface area contributed by atoms with Crippen molar-refractivity contribution < 1.29 is 13.3 Å². The van der Waals surface area contributed by atoms with Gasteiger partial charge in [-0.3, -0.25) is 0 Å². The lowest BCUT2D eigenvalue weighted by atomic mass is 10.0. The number of nitrogens with two attached hydrogens (primary N) is 1. The SMILES string of the molecule is CN(C1CCCC1CN)S(=O)(=O)c1ccc([N+](=O)[O-])nc1. The van der Waals surface area contributed by atoms with Crippen molar-refractivity contribution in [3.63, 3.8) is 0 Å². The Bertz CT molecular complexity index is 617. The summed E-state index contributed by atoms with van der Waals surface area (Å²) in [5.74, 6) is -0.229. The van der Waals surface area contributed by atoms with Crippen molar-refractivity contribution in [1.82, 2.24) is 9.29 Å². The molecule has 1 heterocycles. The number of nitro groups is 1. The fraction of sp³-hybridized carbons (Fsp3) is 0.583. The van der Waals surface area contributed by atoms with Gasteiger partial charge in [-0.05, 0) is 41.3 Å². The number of hydrogen-bond acceptors (Lipinski definition) is 6. The van der Waals surface area contributed by atoms with Gasteiger partial charge in [0.15, 0.2) is 6.20 Å². The summed E-state index contributed by atoms with van der Waals surface area (Å²) in [5, 5.41) is 10.6. The maximum Gasteiger partial charge on any atom is 0.363 e. The molecule has 1 fully saturated rings. The lowest BCUT2D eigenvalue weighted by Crippen LogP contribution is -2.41.